The molecule has 670 valence electrons. The number of piperidine rings is 1. The summed E-state index contributed by atoms with van der Waals surface area (Å²) in [6.45, 7) is 12.1. The number of morpholine rings is 1. The molecule has 8 aromatic carbocycles. The summed E-state index contributed by atoms with van der Waals surface area (Å²) in [5.74, 6) is -0.207. The number of likely N-dealkylation sites (N-methyl/N-ethyl adjacent to an activating group) is 1. The lowest BCUT2D eigenvalue weighted by Gasteiger charge is -2.33. The monoisotopic (exact) mass is 1800 g/mol. The number of tetrazole rings is 4. The van der Waals surface area contributed by atoms with Crippen LogP contribution in [0.15, 0.2) is 195 Å². The number of piperazine rings is 2. The first kappa shape index (κ1) is 84.0. The number of benzene rings is 8. The van der Waals surface area contributed by atoms with Crippen molar-refractivity contribution in [3.8, 4) is 68.3 Å². The predicted octanol–water partition coefficient (Wildman–Crippen LogP) is 12.2. The van der Waals surface area contributed by atoms with Crippen molar-refractivity contribution in [1.82, 2.24) is 131 Å². The number of hydrogen-bond donors (Lipinski definition) is 1. The van der Waals surface area contributed by atoms with Gasteiger partial charge >= 0.3 is 0 Å². The Kier molecular flexibility index (Phi) is 22.8. The zero-order valence-corrected chi connectivity index (χ0v) is 71.0. The smallest absolute Gasteiger partial charge is 0.227 e. The van der Waals surface area contributed by atoms with E-state index in [1.165, 1.54) is 30.7 Å². The van der Waals surface area contributed by atoms with Gasteiger partial charge in [0.2, 0.25) is 23.8 Å². The lowest BCUT2D eigenvalue weighted by molar-refractivity contribution is 0.122. The van der Waals surface area contributed by atoms with Gasteiger partial charge in [0.25, 0.3) is 0 Å². The van der Waals surface area contributed by atoms with Crippen LogP contribution in [0.1, 0.15) is 41.5 Å². The Bertz CT molecular complexity index is 6530. The molecule has 4 fully saturated rings. The van der Waals surface area contributed by atoms with Gasteiger partial charge in [0, 0.05) is 130 Å². The van der Waals surface area contributed by atoms with Crippen molar-refractivity contribution in [2.75, 3.05) is 138 Å². The molecule has 8 aromatic heterocycles. The molecule has 133 heavy (non-hydrogen) atoms. The summed E-state index contributed by atoms with van der Waals surface area (Å²) < 4.78 is 122. The minimum Gasteiger partial charge on any atom is -0.378 e. The van der Waals surface area contributed by atoms with Crippen molar-refractivity contribution in [1.29, 1.82) is 0 Å². The minimum atomic E-state index is -0.897. The van der Waals surface area contributed by atoms with Crippen LogP contribution in [-0.2, 0) is 30.9 Å². The van der Waals surface area contributed by atoms with Crippen molar-refractivity contribution in [2.45, 2.75) is 45.4 Å². The van der Waals surface area contributed by atoms with Crippen LogP contribution in [0.25, 0.3) is 68.3 Å². The van der Waals surface area contributed by atoms with Crippen LogP contribution in [-0.4, -0.2) is 224 Å². The largest absolute Gasteiger partial charge is 0.378 e. The molecule has 0 aliphatic carbocycles. The highest BCUT2D eigenvalue weighted by Gasteiger charge is 2.37. The summed E-state index contributed by atoms with van der Waals surface area (Å²) in [5, 5.41) is 52.5. The predicted molar refractivity (Wildman–Crippen MR) is 473 cm³/mol. The zero-order chi connectivity index (χ0) is 90.3. The standard InChI is InChI=1S/C23H21F2N9.C23H20F2N8.C22H19F2N9.C22H18F2N8O/c1-31-8-10-32(11-9-31)23-26-13-16-21(27-23)33(14-15-6-7-17(24)18(25)12-15)19-4-2-3-5-20(19)34-22(16)28-29-30-34;24-17-9-8-15(12-18(17)25)14-32-19-6-2-3-7-20(19)33-22(28-29-30-33)16-13-26-23(27-21(16)32)31-10-4-1-5-11-31;23-16-6-5-14(11-17(16)24)13-32-18-3-1-2-4-19(18)33-21(28-29-30-33)15-12-26-22(27-20(15)32)31-9-7-25-8-10-31;23-16-6-5-14(11-17(16)24)13-31-18-3-1-2-4-19(18)32-21(27-28-29-32)15-12-25-22(26-20(15)31)30-7-9-33-10-8-30/h2-7,12-13H,8-11,14H2,1H3;2-3,6-9,12-13H,1,4-5,10-11,14H2;1-6,11-12,25H,7-10,13H2;1-6,11-12H,7-10,13H2. The normalized spacial score (nSPS) is 15.1. The maximum atomic E-state index is 14.0. The van der Waals surface area contributed by atoms with Crippen LogP contribution in [0.4, 0.5) is 105 Å². The van der Waals surface area contributed by atoms with Gasteiger partial charge in [0.15, 0.2) is 69.8 Å². The third-order valence-electron chi connectivity index (χ3n) is 23.9. The van der Waals surface area contributed by atoms with Gasteiger partial charge in [0.1, 0.15) is 23.3 Å². The first-order valence-electron chi connectivity index (χ1n) is 43.0. The molecule has 0 unspecified atom stereocenters. The average Bonchev–Trinajstić information content (AvgIpc) is 1.63. The lowest BCUT2D eigenvalue weighted by Crippen LogP contribution is -2.45. The topological polar surface area (TPSA) is 328 Å². The fourth-order valence-electron chi connectivity index (χ4n) is 17.2. The minimum absolute atomic E-state index is 0.249. The van der Waals surface area contributed by atoms with E-state index >= 15 is 0 Å². The first-order chi connectivity index (χ1) is 65.1. The van der Waals surface area contributed by atoms with Gasteiger partial charge in [-0.15, -0.1) is 20.4 Å². The number of para-hydroxylation sites is 8. The number of fused-ring (bicyclic) bond motifs is 20. The molecule has 4 saturated heterocycles. The Hall–Kier alpha value is -15.9. The molecule has 24 rings (SSSR count). The van der Waals surface area contributed by atoms with Crippen molar-refractivity contribution in [2.24, 2.45) is 0 Å². The Morgan fingerprint density at radius 3 is 0.857 bits per heavy atom. The molecule has 35 nitrogen and oxygen atoms in total. The van der Waals surface area contributed by atoms with Crippen molar-refractivity contribution in [3.05, 3.63) is 263 Å². The summed E-state index contributed by atoms with van der Waals surface area (Å²) in [7, 11) is 2.09. The molecule has 0 saturated carbocycles. The lowest BCUT2D eigenvalue weighted by atomic mass is 10.1. The van der Waals surface area contributed by atoms with Crippen LogP contribution in [0.5, 0.6) is 0 Å². The summed E-state index contributed by atoms with van der Waals surface area (Å²) in [6.07, 6.45) is 10.3. The van der Waals surface area contributed by atoms with E-state index in [2.05, 4.69) is 119 Å². The molecule has 8 aliphatic heterocycles. The van der Waals surface area contributed by atoms with Crippen LogP contribution in [0.2, 0.25) is 0 Å². The third-order valence-corrected chi connectivity index (χ3v) is 23.9. The number of nitrogens with one attached hydrogen (secondary N) is 1. The molecule has 0 spiro atoms. The molecule has 8 aliphatic rings. The van der Waals surface area contributed by atoms with Crippen molar-refractivity contribution < 1.29 is 39.9 Å². The summed E-state index contributed by atoms with van der Waals surface area (Å²) >= 11 is 0. The molecular weight excluding hydrogens is 1730 g/mol. The summed E-state index contributed by atoms with van der Waals surface area (Å²) in [6, 6.07) is 46.3. The van der Waals surface area contributed by atoms with Gasteiger partial charge in [-0.05, 0) is 187 Å². The Labute approximate surface area is 752 Å². The Morgan fingerprint density at radius 2 is 0.564 bits per heavy atom. The molecule has 16 heterocycles. The first-order valence-corrected chi connectivity index (χ1v) is 43.0. The van der Waals surface area contributed by atoms with Crippen LogP contribution < -0.4 is 44.5 Å². The molecule has 43 heteroatoms. The van der Waals surface area contributed by atoms with Crippen LogP contribution >= 0.6 is 0 Å². The number of rotatable bonds is 12. The highest BCUT2D eigenvalue weighted by atomic mass is 19.2. The third kappa shape index (κ3) is 16.6. The van der Waals surface area contributed by atoms with Crippen LogP contribution in [0.3, 0.4) is 0 Å². The van der Waals surface area contributed by atoms with Gasteiger partial charge in [0.05, 0.1) is 81.0 Å². The van der Waals surface area contributed by atoms with E-state index in [1.54, 1.807) is 67.8 Å². The maximum absolute atomic E-state index is 14.0. The number of anilines is 12. The van der Waals surface area contributed by atoms with E-state index in [4.69, 9.17) is 24.7 Å². The van der Waals surface area contributed by atoms with Gasteiger partial charge in [-0.3, -0.25) is 0 Å². The Morgan fingerprint density at radius 1 is 0.293 bits per heavy atom. The van der Waals surface area contributed by atoms with Crippen molar-refractivity contribution >= 4 is 69.8 Å². The molecule has 0 amide bonds. The van der Waals surface area contributed by atoms with E-state index in [-0.39, 0.29) is 26.2 Å². The number of halogens is 8. The molecule has 0 bridgehead atoms. The number of hydrogen-bond acceptors (Lipinski definition) is 31. The summed E-state index contributed by atoms with van der Waals surface area (Å²) in [4.78, 5) is 56.8. The van der Waals surface area contributed by atoms with Crippen LogP contribution in [0, 0.1) is 46.5 Å². The van der Waals surface area contributed by atoms with E-state index in [0.29, 0.717) is 141 Å². The Balaban J connectivity index is 0.000000107. The maximum Gasteiger partial charge on any atom is 0.227 e. The molecule has 0 atom stereocenters. The zero-order valence-electron chi connectivity index (χ0n) is 71.0. The van der Waals surface area contributed by atoms with E-state index in [9.17, 15) is 35.1 Å². The number of nitrogens with zero attached hydrogens (tertiary/aromatic N) is 33. The molecule has 1 N–H and O–H groups in total. The fourth-order valence-corrected chi connectivity index (χ4v) is 17.2. The van der Waals surface area contributed by atoms with E-state index in [1.807, 2.05) is 117 Å². The average molecular weight is 1800 g/mol. The second-order valence-electron chi connectivity index (χ2n) is 32.3. The second-order valence-corrected chi connectivity index (χ2v) is 32.3. The van der Waals surface area contributed by atoms with Gasteiger partial charge in [-0.1, -0.05) is 72.8 Å². The quantitative estimate of drug-likeness (QED) is 0.111. The number of aromatic nitrogens is 24. The van der Waals surface area contributed by atoms with Gasteiger partial charge in [-0.2, -0.15) is 38.7 Å². The molecular formula is C90H78F8N34O. The fraction of sp³-hybridized carbons (Fsp3) is 0.244. The van der Waals surface area contributed by atoms with Gasteiger partial charge < -0.3 is 54.2 Å². The van der Waals surface area contributed by atoms with E-state index < -0.39 is 46.5 Å². The SMILES string of the molecule is CN1CCN(c2ncc3c(n2)N(Cc2ccc(F)c(F)c2)c2ccccc2-n2nnnc2-3)CC1.Fc1ccc(CN2c3ccccc3-n3nnnc3-c3cnc(N4CCCCC4)nc32)cc1F.Fc1ccc(CN2c3ccccc3-n3nnnc3-c3cnc(N4CCNCC4)nc32)cc1F.Fc1ccc(CN2c3ccccc3-n3nnnc3-c3cnc(N4CCOCC4)nc32)cc1F. The number of ether oxygens (including phenoxy) is 1. The highest BCUT2D eigenvalue weighted by molar-refractivity contribution is 5.88. The van der Waals surface area contributed by atoms with Crippen molar-refractivity contribution in [3.63, 3.8) is 0 Å². The molecule has 16 aromatic rings. The highest BCUT2D eigenvalue weighted by Crippen LogP contribution is 2.48. The second kappa shape index (κ2) is 36.2. The van der Waals surface area contributed by atoms with E-state index in [0.717, 1.165) is 148 Å². The molecule has 0 radical (unpaired) electrons. The van der Waals surface area contributed by atoms with Gasteiger partial charge in [-0.25, -0.2) is 55.1 Å². The summed E-state index contributed by atoms with van der Waals surface area (Å²) in [5.41, 5.74) is 11.2.